The van der Waals surface area contributed by atoms with Gasteiger partial charge in [0.15, 0.2) is 0 Å². The summed E-state index contributed by atoms with van der Waals surface area (Å²) in [5.41, 5.74) is 0.829. The van der Waals surface area contributed by atoms with Gasteiger partial charge in [-0.25, -0.2) is 0 Å². The lowest BCUT2D eigenvalue weighted by molar-refractivity contribution is -0.147. The number of hydrogen-bond acceptors (Lipinski definition) is 4. The van der Waals surface area contributed by atoms with Crippen LogP contribution >= 0.6 is 0 Å². The predicted octanol–water partition coefficient (Wildman–Crippen LogP) is 2.97. The van der Waals surface area contributed by atoms with E-state index in [1.54, 1.807) is 0 Å². The van der Waals surface area contributed by atoms with Crippen LogP contribution in [0.25, 0.3) is 0 Å². The summed E-state index contributed by atoms with van der Waals surface area (Å²) in [6, 6.07) is 8.09. The highest BCUT2D eigenvalue weighted by Crippen LogP contribution is 2.42. The molecule has 1 aromatic rings. The average molecular weight is 330 g/mol. The van der Waals surface area contributed by atoms with Crippen molar-refractivity contribution in [2.24, 2.45) is 0 Å². The molecule has 0 unspecified atom stereocenters. The first-order valence-electron chi connectivity index (χ1n) is 8.76. The van der Waals surface area contributed by atoms with Crippen molar-refractivity contribution in [3.63, 3.8) is 0 Å². The molecule has 0 radical (unpaired) electrons. The second kappa shape index (κ2) is 5.89. The second-order valence-corrected chi connectivity index (χ2v) is 7.99. The van der Waals surface area contributed by atoms with Gasteiger partial charge in [0.25, 0.3) is 0 Å². The number of carbonyl (C=O) groups excluding carboxylic acids is 1. The Morgan fingerprint density at radius 3 is 1.96 bits per heavy atom. The Morgan fingerprint density at radius 1 is 1.00 bits per heavy atom. The maximum absolute atomic E-state index is 12.4. The molecule has 130 valence electrons. The van der Waals surface area contributed by atoms with Gasteiger partial charge in [-0.2, -0.15) is 0 Å². The Balaban J connectivity index is 1.85. The van der Waals surface area contributed by atoms with Gasteiger partial charge in [-0.1, -0.05) is 37.1 Å². The van der Waals surface area contributed by atoms with E-state index in [0.29, 0.717) is 0 Å². The van der Waals surface area contributed by atoms with Crippen molar-refractivity contribution >= 4 is 18.6 Å². The molecule has 24 heavy (non-hydrogen) atoms. The van der Waals surface area contributed by atoms with Crippen molar-refractivity contribution in [2.45, 2.75) is 70.0 Å². The topological polar surface area (TPSA) is 44.8 Å². The van der Waals surface area contributed by atoms with E-state index >= 15 is 0 Å². The van der Waals surface area contributed by atoms with E-state index < -0.39 is 5.41 Å². The van der Waals surface area contributed by atoms with Gasteiger partial charge in [-0.3, -0.25) is 4.79 Å². The van der Waals surface area contributed by atoms with Gasteiger partial charge in [0, 0.05) is 0 Å². The van der Waals surface area contributed by atoms with Crippen LogP contribution in [0.15, 0.2) is 24.3 Å². The van der Waals surface area contributed by atoms with Crippen LogP contribution in [0, 0.1) is 0 Å². The zero-order valence-corrected chi connectivity index (χ0v) is 15.3. The number of carbonyl (C=O) groups is 1. The standard InChI is InChI=1S/C19H27BO4/c1-17(2)18(3,4)24-20(23-17)15-10-8-14(9-11-15)19(16(21)22-5)12-6-7-13-19/h8-11H,6-7,12-13H2,1-5H3. The average Bonchev–Trinajstić information content (AvgIpc) is 3.11. The normalized spacial score (nSPS) is 24.1. The fraction of sp³-hybridized carbons (Fsp3) is 0.632. The molecular formula is C19H27BO4. The molecule has 1 aliphatic heterocycles. The highest BCUT2D eigenvalue weighted by Gasteiger charge is 2.52. The zero-order chi connectivity index (χ0) is 17.6. The van der Waals surface area contributed by atoms with Gasteiger partial charge in [-0.15, -0.1) is 0 Å². The van der Waals surface area contributed by atoms with E-state index in [4.69, 9.17) is 14.0 Å². The Hall–Kier alpha value is -1.33. The van der Waals surface area contributed by atoms with Gasteiger partial charge in [0.05, 0.1) is 23.7 Å². The molecule has 5 heteroatoms. The van der Waals surface area contributed by atoms with Gasteiger partial charge in [0.2, 0.25) is 0 Å². The molecule has 2 fully saturated rings. The summed E-state index contributed by atoms with van der Waals surface area (Å²) in [6.45, 7) is 8.19. The minimum absolute atomic E-state index is 0.122. The van der Waals surface area contributed by atoms with Crippen LogP contribution in [-0.4, -0.2) is 31.4 Å². The van der Waals surface area contributed by atoms with E-state index in [0.717, 1.165) is 36.7 Å². The lowest BCUT2D eigenvalue weighted by Crippen LogP contribution is -2.41. The quantitative estimate of drug-likeness (QED) is 0.631. The van der Waals surface area contributed by atoms with E-state index in [1.165, 1.54) is 7.11 Å². The second-order valence-electron chi connectivity index (χ2n) is 7.99. The number of rotatable bonds is 3. The molecule has 0 N–H and O–H groups in total. The predicted molar refractivity (Wildman–Crippen MR) is 94.3 cm³/mol. The summed E-state index contributed by atoms with van der Waals surface area (Å²) in [7, 11) is 1.10. The van der Waals surface area contributed by atoms with Crippen LogP contribution in [0.1, 0.15) is 58.9 Å². The third-order valence-corrected chi connectivity index (χ3v) is 6.02. The summed E-state index contributed by atoms with van der Waals surface area (Å²) < 4.78 is 17.3. The molecular weight excluding hydrogens is 303 g/mol. The van der Waals surface area contributed by atoms with Crippen LogP contribution in [0.5, 0.6) is 0 Å². The monoisotopic (exact) mass is 330 g/mol. The molecule has 0 amide bonds. The number of ether oxygens (including phenoxy) is 1. The summed E-state index contributed by atoms with van der Waals surface area (Å²) in [5, 5.41) is 0. The molecule has 1 saturated heterocycles. The zero-order valence-electron chi connectivity index (χ0n) is 15.3. The molecule has 0 bridgehead atoms. The van der Waals surface area contributed by atoms with Crippen LogP contribution in [0.3, 0.4) is 0 Å². The minimum atomic E-state index is -0.483. The maximum atomic E-state index is 12.4. The van der Waals surface area contributed by atoms with E-state index in [2.05, 4.69) is 0 Å². The van der Waals surface area contributed by atoms with E-state index in [1.807, 2.05) is 52.0 Å². The Labute approximate surface area is 145 Å². The van der Waals surface area contributed by atoms with Crippen LogP contribution in [0.4, 0.5) is 0 Å². The SMILES string of the molecule is COC(=O)C1(c2ccc(B3OC(C)(C)C(C)(C)O3)cc2)CCCC1. The molecule has 3 rings (SSSR count). The third kappa shape index (κ3) is 2.68. The minimum Gasteiger partial charge on any atom is -0.468 e. The van der Waals surface area contributed by atoms with Gasteiger partial charge in [0.1, 0.15) is 0 Å². The lowest BCUT2D eigenvalue weighted by atomic mass is 9.74. The first-order chi connectivity index (χ1) is 11.2. The Bertz CT molecular complexity index is 599. The molecule has 0 atom stereocenters. The fourth-order valence-corrected chi connectivity index (χ4v) is 3.72. The Morgan fingerprint density at radius 2 is 1.50 bits per heavy atom. The van der Waals surface area contributed by atoms with Crippen molar-refractivity contribution in [1.82, 2.24) is 0 Å². The molecule has 0 spiro atoms. The molecule has 1 heterocycles. The molecule has 1 aromatic carbocycles. The van der Waals surface area contributed by atoms with Crippen molar-refractivity contribution in [3.05, 3.63) is 29.8 Å². The van der Waals surface area contributed by atoms with Crippen LogP contribution in [0.2, 0.25) is 0 Å². The van der Waals surface area contributed by atoms with Crippen LogP contribution < -0.4 is 5.46 Å². The molecule has 1 aliphatic carbocycles. The van der Waals surface area contributed by atoms with E-state index in [9.17, 15) is 4.79 Å². The summed E-state index contributed by atoms with van der Waals surface area (Å²) in [5.74, 6) is -0.122. The number of esters is 1. The van der Waals surface area contributed by atoms with Crippen molar-refractivity contribution < 1.29 is 18.8 Å². The van der Waals surface area contributed by atoms with E-state index in [-0.39, 0.29) is 24.3 Å². The van der Waals surface area contributed by atoms with Gasteiger partial charge in [-0.05, 0) is 51.6 Å². The first kappa shape index (κ1) is 17.5. The van der Waals surface area contributed by atoms with Crippen molar-refractivity contribution in [3.8, 4) is 0 Å². The maximum Gasteiger partial charge on any atom is 0.494 e. The largest absolute Gasteiger partial charge is 0.494 e. The summed E-state index contributed by atoms with van der Waals surface area (Å²) >= 11 is 0. The smallest absolute Gasteiger partial charge is 0.468 e. The first-order valence-corrected chi connectivity index (χ1v) is 8.76. The summed E-state index contributed by atoms with van der Waals surface area (Å²) in [4.78, 5) is 12.4. The molecule has 0 aromatic heterocycles. The van der Waals surface area contributed by atoms with Crippen molar-refractivity contribution in [1.29, 1.82) is 0 Å². The number of benzene rings is 1. The highest BCUT2D eigenvalue weighted by atomic mass is 16.7. The fourth-order valence-electron chi connectivity index (χ4n) is 3.72. The number of methoxy groups -OCH3 is 1. The number of hydrogen-bond donors (Lipinski definition) is 0. The van der Waals surface area contributed by atoms with Crippen molar-refractivity contribution in [2.75, 3.05) is 7.11 Å². The molecule has 1 saturated carbocycles. The van der Waals surface area contributed by atoms with Gasteiger partial charge >= 0.3 is 13.1 Å². The lowest BCUT2D eigenvalue weighted by Gasteiger charge is -2.32. The van der Waals surface area contributed by atoms with Crippen LogP contribution in [-0.2, 0) is 24.3 Å². The highest BCUT2D eigenvalue weighted by molar-refractivity contribution is 6.62. The Kier molecular flexibility index (Phi) is 4.29. The van der Waals surface area contributed by atoms with Gasteiger partial charge < -0.3 is 14.0 Å². The molecule has 2 aliphatic rings. The third-order valence-electron chi connectivity index (χ3n) is 6.02. The molecule has 4 nitrogen and oxygen atoms in total. The summed E-state index contributed by atoms with van der Waals surface area (Å²) in [6.07, 6.45) is 3.84.